The maximum atomic E-state index is 11.3. The highest BCUT2D eigenvalue weighted by Crippen LogP contribution is 2.32. The zero-order valence-corrected chi connectivity index (χ0v) is 12.2. The molecule has 2 aromatic rings. The Kier molecular flexibility index (Phi) is 4.22. The number of methoxy groups -OCH3 is 1. The molecule has 0 aliphatic heterocycles. The number of benzene rings is 2. The van der Waals surface area contributed by atoms with Crippen molar-refractivity contribution in [3.05, 3.63) is 52.5 Å². The number of ketones is 1. The van der Waals surface area contributed by atoms with Crippen LogP contribution in [0.5, 0.6) is 17.2 Å². The highest BCUT2D eigenvalue weighted by atomic mass is 79.9. The van der Waals surface area contributed by atoms with Crippen molar-refractivity contribution in [2.24, 2.45) is 0 Å². The molecule has 0 aliphatic rings. The van der Waals surface area contributed by atoms with E-state index in [4.69, 9.17) is 9.47 Å². The summed E-state index contributed by atoms with van der Waals surface area (Å²) in [5.41, 5.74) is 0.632. The quantitative estimate of drug-likeness (QED) is 0.780. The normalized spacial score (nSPS) is 10.1. The topological polar surface area (TPSA) is 35.5 Å². The molecule has 2 rings (SSSR count). The predicted molar refractivity (Wildman–Crippen MR) is 77.2 cm³/mol. The number of hydrogen-bond acceptors (Lipinski definition) is 3. The molecule has 0 unspecified atom stereocenters. The maximum absolute atomic E-state index is 11.3. The van der Waals surface area contributed by atoms with Crippen LogP contribution >= 0.6 is 15.9 Å². The summed E-state index contributed by atoms with van der Waals surface area (Å²) in [5.74, 6) is 1.94. The first-order valence-electron chi connectivity index (χ1n) is 5.73. The van der Waals surface area contributed by atoms with Crippen molar-refractivity contribution in [2.75, 3.05) is 7.11 Å². The summed E-state index contributed by atoms with van der Waals surface area (Å²) in [7, 11) is 1.59. The van der Waals surface area contributed by atoms with Crippen LogP contribution in [0.2, 0.25) is 0 Å². The highest BCUT2D eigenvalue weighted by molar-refractivity contribution is 9.10. The number of rotatable bonds is 4. The fraction of sp³-hybridized carbons (Fsp3) is 0.133. The molecule has 98 valence electrons. The van der Waals surface area contributed by atoms with E-state index in [9.17, 15) is 4.79 Å². The van der Waals surface area contributed by atoms with Gasteiger partial charge in [-0.1, -0.05) is 12.1 Å². The molecule has 0 spiro atoms. The lowest BCUT2D eigenvalue weighted by molar-refractivity contribution is 0.101. The smallest absolute Gasteiger partial charge is 0.169 e. The van der Waals surface area contributed by atoms with Gasteiger partial charge in [-0.25, -0.2) is 0 Å². The molecule has 2 aromatic carbocycles. The summed E-state index contributed by atoms with van der Waals surface area (Å²) in [6.45, 7) is 1.53. The van der Waals surface area contributed by atoms with E-state index in [-0.39, 0.29) is 5.78 Å². The number of para-hydroxylation sites is 2. The fourth-order valence-electron chi connectivity index (χ4n) is 1.67. The summed E-state index contributed by atoms with van der Waals surface area (Å²) in [6, 6.07) is 12.7. The molecule has 0 saturated carbocycles. The van der Waals surface area contributed by atoms with Crippen LogP contribution in [-0.4, -0.2) is 12.9 Å². The lowest BCUT2D eigenvalue weighted by Gasteiger charge is -2.10. The van der Waals surface area contributed by atoms with E-state index in [1.807, 2.05) is 24.3 Å². The van der Waals surface area contributed by atoms with Crippen LogP contribution in [0.15, 0.2) is 46.9 Å². The molecule has 0 N–H and O–H groups in total. The standard InChI is InChI=1S/C15H13BrO3/c1-10(17)12-8-7-11(9-13(12)16)19-15-6-4-3-5-14(15)18-2/h3-9H,1-2H3. The number of halogens is 1. The first kappa shape index (κ1) is 13.6. The number of ether oxygens (including phenoxy) is 2. The Morgan fingerprint density at radius 1 is 1.11 bits per heavy atom. The van der Waals surface area contributed by atoms with Crippen molar-refractivity contribution in [1.29, 1.82) is 0 Å². The van der Waals surface area contributed by atoms with Crippen molar-refractivity contribution in [1.82, 2.24) is 0 Å². The van der Waals surface area contributed by atoms with Crippen LogP contribution in [0, 0.1) is 0 Å². The van der Waals surface area contributed by atoms with Crippen molar-refractivity contribution < 1.29 is 14.3 Å². The van der Waals surface area contributed by atoms with Gasteiger partial charge in [0.1, 0.15) is 5.75 Å². The van der Waals surface area contributed by atoms with Crippen molar-refractivity contribution in [3.63, 3.8) is 0 Å². The van der Waals surface area contributed by atoms with Gasteiger partial charge in [-0.3, -0.25) is 4.79 Å². The third-order valence-electron chi connectivity index (χ3n) is 2.62. The van der Waals surface area contributed by atoms with Gasteiger partial charge < -0.3 is 9.47 Å². The third kappa shape index (κ3) is 3.15. The molecule has 0 fully saturated rings. The SMILES string of the molecule is COc1ccccc1Oc1ccc(C(C)=O)c(Br)c1. The van der Waals surface area contributed by atoms with E-state index >= 15 is 0 Å². The van der Waals surface area contributed by atoms with Crippen LogP contribution in [0.25, 0.3) is 0 Å². The molecule has 4 heteroatoms. The minimum Gasteiger partial charge on any atom is -0.493 e. The lowest BCUT2D eigenvalue weighted by Crippen LogP contribution is -1.95. The fourth-order valence-corrected chi connectivity index (χ4v) is 2.31. The largest absolute Gasteiger partial charge is 0.493 e. The van der Waals surface area contributed by atoms with Gasteiger partial charge in [0.05, 0.1) is 7.11 Å². The minimum absolute atomic E-state index is 0.00992. The number of Topliss-reactive ketones (excluding diaryl/α,β-unsaturated/α-hetero) is 1. The molecule has 0 bridgehead atoms. The van der Waals surface area contributed by atoms with Gasteiger partial charge in [-0.2, -0.15) is 0 Å². The van der Waals surface area contributed by atoms with E-state index in [1.54, 1.807) is 25.3 Å². The molecule has 0 heterocycles. The van der Waals surface area contributed by atoms with E-state index in [0.717, 1.165) is 0 Å². The zero-order valence-electron chi connectivity index (χ0n) is 10.6. The van der Waals surface area contributed by atoms with E-state index < -0.39 is 0 Å². The highest BCUT2D eigenvalue weighted by Gasteiger charge is 2.08. The average molecular weight is 321 g/mol. The van der Waals surface area contributed by atoms with Gasteiger partial charge in [0, 0.05) is 10.0 Å². The maximum Gasteiger partial charge on any atom is 0.169 e. The van der Waals surface area contributed by atoms with Crippen LogP contribution in [0.3, 0.4) is 0 Å². The Morgan fingerprint density at radius 3 is 2.37 bits per heavy atom. The second-order valence-corrected chi connectivity index (χ2v) is 4.81. The first-order chi connectivity index (χ1) is 9.11. The molecule has 0 saturated heterocycles. The van der Waals surface area contributed by atoms with Gasteiger partial charge in [0.25, 0.3) is 0 Å². The second kappa shape index (κ2) is 5.89. The van der Waals surface area contributed by atoms with Crippen LogP contribution < -0.4 is 9.47 Å². The van der Waals surface area contributed by atoms with Gasteiger partial charge in [0.15, 0.2) is 17.3 Å². The van der Waals surface area contributed by atoms with Gasteiger partial charge in [0.2, 0.25) is 0 Å². The lowest BCUT2D eigenvalue weighted by atomic mass is 10.1. The Bertz CT molecular complexity index is 608. The van der Waals surface area contributed by atoms with Crippen LogP contribution in [0.4, 0.5) is 0 Å². The summed E-state index contributed by atoms with van der Waals surface area (Å²) in [5, 5.41) is 0. The zero-order chi connectivity index (χ0) is 13.8. The van der Waals surface area contributed by atoms with E-state index in [0.29, 0.717) is 27.3 Å². The molecule has 0 atom stereocenters. The number of carbonyl (C=O) groups excluding carboxylic acids is 1. The number of hydrogen-bond donors (Lipinski definition) is 0. The molecular weight excluding hydrogens is 308 g/mol. The minimum atomic E-state index is 0.00992. The van der Waals surface area contributed by atoms with Crippen molar-refractivity contribution >= 4 is 21.7 Å². The van der Waals surface area contributed by atoms with Gasteiger partial charge in [-0.15, -0.1) is 0 Å². The monoisotopic (exact) mass is 320 g/mol. The molecule has 0 amide bonds. The number of carbonyl (C=O) groups is 1. The molecule has 0 radical (unpaired) electrons. The van der Waals surface area contributed by atoms with Crippen LogP contribution in [0.1, 0.15) is 17.3 Å². The summed E-state index contributed by atoms with van der Waals surface area (Å²) in [4.78, 5) is 11.3. The summed E-state index contributed by atoms with van der Waals surface area (Å²) < 4.78 is 11.7. The first-order valence-corrected chi connectivity index (χ1v) is 6.52. The van der Waals surface area contributed by atoms with Crippen molar-refractivity contribution in [3.8, 4) is 17.2 Å². The Labute approximate surface area is 120 Å². The van der Waals surface area contributed by atoms with E-state index in [2.05, 4.69) is 15.9 Å². The Hall–Kier alpha value is -1.81. The average Bonchev–Trinajstić information content (AvgIpc) is 2.39. The molecule has 3 nitrogen and oxygen atoms in total. The summed E-state index contributed by atoms with van der Waals surface area (Å²) in [6.07, 6.45) is 0. The summed E-state index contributed by atoms with van der Waals surface area (Å²) >= 11 is 3.36. The molecule has 19 heavy (non-hydrogen) atoms. The third-order valence-corrected chi connectivity index (χ3v) is 3.27. The van der Waals surface area contributed by atoms with Crippen molar-refractivity contribution in [2.45, 2.75) is 6.92 Å². The molecule has 0 aliphatic carbocycles. The molecule has 0 aromatic heterocycles. The second-order valence-electron chi connectivity index (χ2n) is 3.95. The molecular formula is C15H13BrO3. The van der Waals surface area contributed by atoms with Gasteiger partial charge >= 0.3 is 0 Å². The van der Waals surface area contributed by atoms with E-state index in [1.165, 1.54) is 6.92 Å². The Balaban J connectivity index is 2.29. The Morgan fingerprint density at radius 2 is 1.79 bits per heavy atom. The van der Waals surface area contributed by atoms with Crippen LogP contribution in [-0.2, 0) is 0 Å². The van der Waals surface area contributed by atoms with Gasteiger partial charge in [-0.05, 0) is 53.2 Å². The predicted octanol–water partition coefficient (Wildman–Crippen LogP) is 4.45.